The first-order chi connectivity index (χ1) is 12.3. The maximum atomic E-state index is 12.8. The van der Waals surface area contributed by atoms with Gasteiger partial charge in [0.15, 0.2) is 0 Å². The number of carbonyl (C=O) groups excluding carboxylic acids is 1. The molecule has 1 N–H and O–H groups in total. The number of amides is 1. The molecule has 0 bridgehead atoms. The monoisotopic (exact) mass is 381 g/mol. The number of hydrogen-bond acceptors (Lipinski definition) is 4. The van der Waals surface area contributed by atoms with Gasteiger partial charge in [-0.05, 0) is 49.9 Å². The van der Waals surface area contributed by atoms with Crippen LogP contribution in [0.2, 0.25) is 0 Å². The normalized spacial score (nSPS) is 18.9. The van der Waals surface area contributed by atoms with Gasteiger partial charge in [0.05, 0.1) is 11.4 Å². The quantitative estimate of drug-likeness (QED) is 0.788. The Morgan fingerprint density at radius 2 is 2.00 bits per heavy atom. The van der Waals surface area contributed by atoms with Crippen LogP contribution in [0.15, 0.2) is 23.1 Å². The predicted octanol–water partition coefficient (Wildman–Crippen LogP) is 2.70. The highest BCUT2D eigenvalue weighted by atomic mass is 32.2. The Hall–Kier alpha value is -1.44. The summed E-state index contributed by atoms with van der Waals surface area (Å²) in [5, 5.41) is 2.86. The second-order valence-electron chi connectivity index (χ2n) is 7.10. The maximum Gasteiger partial charge on any atom is 0.243 e. The van der Waals surface area contributed by atoms with E-state index in [9.17, 15) is 13.2 Å². The number of aryl methyl sites for hydroxylation is 1. The van der Waals surface area contributed by atoms with Crippen LogP contribution >= 0.6 is 0 Å². The highest BCUT2D eigenvalue weighted by Crippen LogP contribution is 2.24. The van der Waals surface area contributed by atoms with Crippen molar-refractivity contribution in [3.8, 4) is 0 Å². The first-order valence-electron chi connectivity index (χ1n) is 9.40. The number of hydrogen-bond donors (Lipinski definition) is 1. The number of nitrogens with one attached hydrogen (secondary N) is 1. The average molecular weight is 382 g/mol. The average Bonchev–Trinajstić information content (AvgIpc) is 2.57. The van der Waals surface area contributed by atoms with Crippen LogP contribution in [0.1, 0.15) is 39.2 Å². The van der Waals surface area contributed by atoms with Crippen LogP contribution < -0.4 is 5.32 Å². The van der Waals surface area contributed by atoms with Crippen molar-refractivity contribution in [2.45, 2.75) is 45.4 Å². The predicted molar refractivity (Wildman–Crippen MR) is 105 cm³/mol. The summed E-state index contributed by atoms with van der Waals surface area (Å²) in [5.41, 5.74) is 1.20. The molecule has 6 nitrogen and oxygen atoms in total. The van der Waals surface area contributed by atoms with Crippen LogP contribution in [0.25, 0.3) is 0 Å². The number of anilines is 1. The second kappa shape index (κ2) is 8.97. The van der Waals surface area contributed by atoms with Gasteiger partial charge in [-0.25, -0.2) is 8.42 Å². The van der Waals surface area contributed by atoms with E-state index in [2.05, 4.69) is 17.1 Å². The van der Waals surface area contributed by atoms with Gasteiger partial charge in [0.1, 0.15) is 0 Å². The minimum Gasteiger partial charge on any atom is -0.325 e. The van der Waals surface area contributed by atoms with Crippen molar-refractivity contribution in [2.75, 3.05) is 38.0 Å². The molecule has 7 heteroatoms. The molecule has 0 spiro atoms. The van der Waals surface area contributed by atoms with Gasteiger partial charge < -0.3 is 5.32 Å². The zero-order valence-electron chi connectivity index (χ0n) is 16.3. The molecule has 0 aromatic heterocycles. The number of rotatable bonds is 7. The van der Waals surface area contributed by atoms with E-state index in [1.54, 1.807) is 25.1 Å². The molecule has 26 heavy (non-hydrogen) atoms. The Kier molecular flexibility index (Phi) is 7.20. The molecule has 1 aromatic carbocycles. The maximum absolute atomic E-state index is 12.8. The lowest BCUT2D eigenvalue weighted by Crippen LogP contribution is -2.39. The Morgan fingerprint density at radius 3 is 2.62 bits per heavy atom. The summed E-state index contributed by atoms with van der Waals surface area (Å²) in [4.78, 5) is 14.8. The second-order valence-corrected chi connectivity index (χ2v) is 9.01. The number of nitrogens with zero attached hydrogens (tertiary/aromatic N) is 2. The van der Waals surface area contributed by atoms with Gasteiger partial charge in [0, 0.05) is 25.3 Å². The fraction of sp³-hybridized carbons (Fsp3) is 0.632. The fourth-order valence-corrected chi connectivity index (χ4v) is 5.20. The van der Waals surface area contributed by atoms with Crippen molar-refractivity contribution >= 4 is 21.6 Å². The third-order valence-electron chi connectivity index (χ3n) is 4.90. The SMILES string of the molecule is CCN(CC)S(=O)(=O)c1cc(NC(=O)CN2CCC[C@@H](C)C2)ccc1C. The molecular formula is C19H31N3O3S. The molecule has 1 aliphatic heterocycles. The van der Waals surface area contributed by atoms with Gasteiger partial charge in [-0.15, -0.1) is 0 Å². The molecule has 0 unspecified atom stereocenters. The van der Waals surface area contributed by atoms with Gasteiger partial charge in [0.2, 0.25) is 15.9 Å². The Bertz CT molecular complexity index is 730. The zero-order chi connectivity index (χ0) is 19.3. The molecule has 0 saturated carbocycles. The molecule has 0 aliphatic carbocycles. The largest absolute Gasteiger partial charge is 0.325 e. The Balaban J connectivity index is 2.12. The lowest BCUT2D eigenvalue weighted by atomic mass is 10.0. The number of sulfonamides is 1. The fourth-order valence-electron chi connectivity index (χ4n) is 3.49. The van der Waals surface area contributed by atoms with E-state index >= 15 is 0 Å². The number of carbonyl (C=O) groups is 1. The van der Waals surface area contributed by atoms with Gasteiger partial charge in [-0.2, -0.15) is 4.31 Å². The van der Waals surface area contributed by atoms with E-state index in [0.29, 0.717) is 36.8 Å². The standard InChI is InChI=1S/C19H31N3O3S/c1-5-22(6-2)26(24,25)18-12-17(10-9-16(18)4)20-19(23)14-21-11-7-8-15(3)13-21/h9-10,12,15H,5-8,11,13-14H2,1-4H3,(H,20,23)/t15-/m1/s1. The summed E-state index contributed by atoms with van der Waals surface area (Å²) >= 11 is 0. The molecule has 1 fully saturated rings. The first kappa shape index (κ1) is 20.9. The van der Waals surface area contributed by atoms with Crippen molar-refractivity contribution < 1.29 is 13.2 Å². The third-order valence-corrected chi connectivity index (χ3v) is 7.10. The highest BCUT2D eigenvalue weighted by molar-refractivity contribution is 7.89. The molecule has 1 atom stereocenters. The van der Waals surface area contributed by atoms with Gasteiger partial charge in [-0.1, -0.05) is 26.8 Å². The Labute approximate surface area is 157 Å². The van der Waals surface area contributed by atoms with E-state index in [0.717, 1.165) is 19.5 Å². The van der Waals surface area contributed by atoms with Crippen molar-refractivity contribution in [2.24, 2.45) is 5.92 Å². The summed E-state index contributed by atoms with van der Waals surface area (Å²) < 4.78 is 27.0. The van der Waals surface area contributed by atoms with Gasteiger partial charge >= 0.3 is 0 Å². The minimum absolute atomic E-state index is 0.103. The van der Waals surface area contributed by atoms with Crippen LogP contribution in [0.4, 0.5) is 5.69 Å². The molecular weight excluding hydrogens is 350 g/mol. The van der Waals surface area contributed by atoms with Gasteiger partial charge in [-0.3, -0.25) is 9.69 Å². The van der Waals surface area contributed by atoms with E-state index in [1.165, 1.54) is 10.7 Å². The van der Waals surface area contributed by atoms with Crippen molar-refractivity contribution in [3.63, 3.8) is 0 Å². The minimum atomic E-state index is -3.55. The third kappa shape index (κ3) is 5.05. The lowest BCUT2D eigenvalue weighted by Gasteiger charge is -2.30. The van der Waals surface area contributed by atoms with Crippen molar-refractivity contribution in [3.05, 3.63) is 23.8 Å². The lowest BCUT2D eigenvalue weighted by molar-refractivity contribution is -0.117. The summed E-state index contributed by atoms with van der Waals surface area (Å²) in [6, 6.07) is 5.07. The molecule has 1 heterocycles. The van der Waals surface area contributed by atoms with Crippen LogP contribution in [-0.2, 0) is 14.8 Å². The molecule has 1 aliphatic rings. The highest BCUT2D eigenvalue weighted by Gasteiger charge is 2.24. The smallest absolute Gasteiger partial charge is 0.243 e. The summed E-state index contributed by atoms with van der Waals surface area (Å²) in [6.07, 6.45) is 2.33. The molecule has 2 rings (SSSR count). The molecule has 146 valence electrons. The summed E-state index contributed by atoms with van der Waals surface area (Å²) in [6.45, 7) is 10.7. The molecule has 1 saturated heterocycles. The topological polar surface area (TPSA) is 69.7 Å². The van der Waals surface area contributed by atoms with E-state index < -0.39 is 10.0 Å². The van der Waals surface area contributed by atoms with Crippen LogP contribution in [0.5, 0.6) is 0 Å². The zero-order valence-corrected chi connectivity index (χ0v) is 17.1. The van der Waals surface area contributed by atoms with Gasteiger partial charge in [0.25, 0.3) is 0 Å². The molecule has 0 radical (unpaired) electrons. The van der Waals surface area contributed by atoms with E-state index in [1.807, 2.05) is 13.8 Å². The van der Waals surface area contributed by atoms with E-state index in [-0.39, 0.29) is 10.8 Å². The summed E-state index contributed by atoms with van der Waals surface area (Å²) in [5.74, 6) is 0.510. The summed E-state index contributed by atoms with van der Waals surface area (Å²) in [7, 11) is -3.55. The van der Waals surface area contributed by atoms with Crippen LogP contribution in [0.3, 0.4) is 0 Å². The number of benzene rings is 1. The van der Waals surface area contributed by atoms with Crippen LogP contribution in [0, 0.1) is 12.8 Å². The Morgan fingerprint density at radius 1 is 1.31 bits per heavy atom. The molecule has 1 aromatic rings. The number of piperidine rings is 1. The number of likely N-dealkylation sites (tertiary alicyclic amines) is 1. The van der Waals surface area contributed by atoms with Crippen LogP contribution in [-0.4, -0.2) is 56.3 Å². The van der Waals surface area contributed by atoms with Crippen molar-refractivity contribution in [1.29, 1.82) is 0 Å². The van der Waals surface area contributed by atoms with Crippen molar-refractivity contribution in [1.82, 2.24) is 9.21 Å². The first-order valence-corrected chi connectivity index (χ1v) is 10.8. The van der Waals surface area contributed by atoms with E-state index in [4.69, 9.17) is 0 Å². The molecule has 1 amide bonds.